The number of guanidine groups is 1. The smallest absolute Gasteiger partial charge is 0.191 e. The molecule has 144 valence electrons. The first-order chi connectivity index (χ1) is 12.4. The first-order valence-corrected chi connectivity index (χ1v) is 11.2. The second-order valence-electron chi connectivity index (χ2n) is 7.52. The van der Waals surface area contributed by atoms with Gasteiger partial charge < -0.3 is 10.6 Å². The Morgan fingerprint density at radius 2 is 2.04 bits per heavy atom. The second-order valence-corrected chi connectivity index (χ2v) is 9.75. The molecule has 0 bridgehead atoms. The molecule has 7 heteroatoms. The third kappa shape index (κ3) is 5.43. The van der Waals surface area contributed by atoms with Gasteiger partial charge in [0.1, 0.15) is 5.82 Å². The van der Waals surface area contributed by atoms with Crippen molar-refractivity contribution in [3.8, 4) is 0 Å². The van der Waals surface area contributed by atoms with E-state index in [9.17, 15) is 12.8 Å². The number of benzene rings is 1. The molecule has 2 aliphatic rings. The fourth-order valence-corrected chi connectivity index (χ4v) is 5.46. The SMILES string of the molecule is Cc1ccc(CN=C(NCC2CCS(=O)(=O)C2)NC2CCCC2)cc1F. The molecule has 1 aliphatic heterocycles. The third-order valence-corrected chi connectivity index (χ3v) is 7.07. The van der Waals surface area contributed by atoms with Crippen molar-refractivity contribution in [2.45, 2.75) is 51.6 Å². The molecule has 0 amide bonds. The molecule has 0 radical (unpaired) electrons. The molecule has 3 rings (SSSR count). The van der Waals surface area contributed by atoms with Crippen LogP contribution in [0.4, 0.5) is 4.39 Å². The van der Waals surface area contributed by atoms with Crippen LogP contribution in [-0.4, -0.2) is 38.5 Å². The van der Waals surface area contributed by atoms with E-state index in [1.807, 2.05) is 6.07 Å². The molecule has 26 heavy (non-hydrogen) atoms. The first kappa shape index (κ1) is 19.1. The zero-order chi connectivity index (χ0) is 18.6. The number of halogens is 1. The Morgan fingerprint density at radius 1 is 1.27 bits per heavy atom. The standard InChI is InChI=1S/C19H28FN3O2S/c1-14-6-7-15(10-18(14)20)11-21-19(23-17-4-2-3-5-17)22-12-16-8-9-26(24,25)13-16/h6-7,10,16-17H,2-5,8-9,11-13H2,1H3,(H2,21,22,23). The van der Waals surface area contributed by atoms with Crippen LogP contribution in [0.1, 0.15) is 43.2 Å². The number of hydrogen-bond donors (Lipinski definition) is 2. The summed E-state index contributed by atoms with van der Waals surface area (Å²) in [4.78, 5) is 4.60. The van der Waals surface area contributed by atoms with Crippen LogP contribution < -0.4 is 10.6 Å². The number of nitrogens with one attached hydrogen (secondary N) is 2. The summed E-state index contributed by atoms with van der Waals surface area (Å²) in [6.07, 6.45) is 5.38. The van der Waals surface area contributed by atoms with E-state index < -0.39 is 9.84 Å². The number of hydrogen-bond acceptors (Lipinski definition) is 3. The Bertz CT molecular complexity index is 758. The fourth-order valence-electron chi connectivity index (χ4n) is 3.60. The Labute approximate surface area is 155 Å². The van der Waals surface area contributed by atoms with Gasteiger partial charge in [-0.15, -0.1) is 0 Å². The van der Waals surface area contributed by atoms with Gasteiger partial charge in [-0.3, -0.25) is 0 Å². The van der Waals surface area contributed by atoms with Crippen LogP contribution in [0.5, 0.6) is 0 Å². The number of rotatable bonds is 5. The zero-order valence-corrected chi connectivity index (χ0v) is 16.1. The molecule has 1 aromatic carbocycles. The topological polar surface area (TPSA) is 70.6 Å². The van der Waals surface area contributed by atoms with Crippen molar-refractivity contribution in [3.05, 3.63) is 35.1 Å². The van der Waals surface area contributed by atoms with Gasteiger partial charge in [0.2, 0.25) is 0 Å². The van der Waals surface area contributed by atoms with Crippen LogP contribution in [0.15, 0.2) is 23.2 Å². The molecule has 1 aliphatic carbocycles. The average molecular weight is 382 g/mol. The Kier molecular flexibility index (Phi) is 6.16. The van der Waals surface area contributed by atoms with Gasteiger partial charge in [-0.05, 0) is 49.3 Å². The molecule has 5 nitrogen and oxygen atoms in total. The Morgan fingerprint density at radius 3 is 2.69 bits per heavy atom. The van der Waals surface area contributed by atoms with Crippen molar-refractivity contribution in [3.63, 3.8) is 0 Å². The molecule has 1 unspecified atom stereocenters. The third-order valence-electron chi connectivity index (χ3n) is 5.24. The summed E-state index contributed by atoms with van der Waals surface area (Å²) in [7, 11) is -2.87. The maximum atomic E-state index is 13.7. The van der Waals surface area contributed by atoms with Crippen molar-refractivity contribution < 1.29 is 12.8 Å². The molecule has 1 atom stereocenters. The Hall–Kier alpha value is -1.63. The van der Waals surface area contributed by atoms with Crippen molar-refractivity contribution in [2.75, 3.05) is 18.1 Å². The summed E-state index contributed by atoms with van der Waals surface area (Å²) in [6, 6.07) is 5.58. The monoisotopic (exact) mass is 381 g/mol. The average Bonchev–Trinajstić information content (AvgIpc) is 3.22. The summed E-state index contributed by atoms with van der Waals surface area (Å²) in [6.45, 7) is 2.73. The minimum absolute atomic E-state index is 0.132. The quantitative estimate of drug-likeness (QED) is 0.607. The molecule has 1 heterocycles. The Balaban J connectivity index is 1.62. The highest BCUT2D eigenvalue weighted by Crippen LogP contribution is 2.19. The molecule has 1 saturated carbocycles. The highest BCUT2D eigenvalue weighted by Gasteiger charge is 2.28. The van der Waals surface area contributed by atoms with E-state index in [4.69, 9.17) is 0 Å². The minimum atomic E-state index is -2.87. The molecule has 0 aromatic heterocycles. The second kappa shape index (κ2) is 8.37. The van der Waals surface area contributed by atoms with Gasteiger partial charge in [-0.1, -0.05) is 25.0 Å². The molecule has 1 saturated heterocycles. The van der Waals surface area contributed by atoms with E-state index in [0.29, 0.717) is 37.1 Å². The normalized spacial score (nSPS) is 23.3. The van der Waals surface area contributed by atoms with E-state index in [1.54, 1.807) is 13.0 Å². The lowest BCUT2D eigenvalue weighted by molar-refractivity contribution is 0.553. The summed E-state index contributed by atoms with van der Waals surface area (Å²) in [5.74, 6) is 1.14. The van der Waals surface area contributed by atoms with Gasteiger partial charge >= 0.3 is 0 Å². The van der Waals surface area contributed by atoms with Crippen LogP contribution in [0.3, 0.4) is 0 Å². The lowest BCUT2D eigenvalue weighted by Gasteiger charge is -2.19. The van der Waals surface area contributed by atoms with Crippen molar-refractivity contribution in [1.29, 1.82) is 0 Å². The fraction of sp³-hybridized carbons (Fsp3) is 0.632. The van der Waals surface area contributed by atoms with E-state index in [1.165, 1.54) is 18.9 Å². The molecule has 0 spiro atoms. The van der Waals surface area contributed by atoms with Crippen LogP contribution >= 0.6 is 0 Å². The zero-order valence-electron chi connectivity index (χ0n) is 15.3. The number of aryl methyl sites for hydroxylation is 1. The van der Waals surface area contributed by atoms with E-state index >= 15 is 0 Å². The number of aliphatic imine (C=N–C) groups is 1. The lowest BCUT2D eigenvalue weighted by atomic mass is 10.1. The number of nitrogens with zero attached hydrogens (tertiary/aromatic N) is 1. The van der Waals surface area contributed by atoms with Crippen molar-refractivity contribution >= 4 is 15.8 Å². The molecular weight excluding hydrogens is 353 g/mol. The van der Waals surface area contributed by atoms with Crippen LogP contribution in [-0.2, 0) is 16.4 Å². The van der Waals surface area contributed by atoms with E-state index in [0.717, 1.165) is 18.4 Å². The van der Waals surface area contributed by atoms with Gasteiger partial charge in [-0.2, -0.15) is 0 Å². The highest BCUT2D eigenvalue weighted by atomic mass is 32.2. The molecule has 2 N–H and O–H groups in total. The largest absolute Gasteiger partial charge is 0.356 e. The highest BCUT2D eigenvalue weighted by molar-refractivity contribution is 7.91. The number of sulfone groups is 1. The van der Waals surface area contributed by atoms with Crippen LogP contribution in [0, 0.1) is 18.7 Å². The van der Waals surface area contributed by atoms with Gasteiger partial charge in [-0.25, -0.2) is 17.8 Å². The summed E-state index contributed by atoms with van der Waals surface area (Å²) in [5.41, 5.74) is 1.45. The van der Waals surface area contributed by atoms with E-state index in [-0.39, 0.29) is 23.2 Å². The summed E-state index contributed by atoms with van der Waals surface area (Å²) < 4.78 is 37.0. The molecule has 2 fully saturated rings. The van der Waals surface area contributed by atoms with Gasteiger partial charge in [0.15, 0.2) is 15.8 Å². The maximum absolute atomic E-state index is 13.7. The van der Waals surface area contributed by atoms with Gasteiger partial charge in [0, 0.05) is 12.6 Å². The summed E-state index contributed by atoms with van der Waals surface area (Å²) >= 11 is 0. The first-order valence-electron chi connectivity index (χ1n) is 9.41. The summed E-state index contributed by atoms with van der Waals surface area (Å²) in [5, 5.41) is 6.76. The van der Waals surface area contributed by atoms with Crippen LogP contribution in [0.2, 0.25) is 0 Å². The van der Waals surface area contributed by atoms with Crippen molar-refractivity contribution in [1.82, 2.24) is 10.6 Å². The minimum Gasteiger partial charge on any atom is -0.356 e. The van der Waals surface area contributed by atoms with E-state index in [2.05, 4.69) is 15.6 Å². The maximum Gasteiger partial charge on any atom is 0.191 e. The van der Waals surface area contributed by atoms with Gasteiger partial charge in [0.25, 0.3) is 0 Å². The molecular formula is C19H28FN3O2S. The molecule has 1 aromatic rings. The van der Waals surface area contributed by atoms with Crippen molar-refractivity contribution in [2.24, 2.45) is 10.9 Å². The predicted molar refractivity (Wildman–Crippen MR) is 102 cm³/mol. The van der Waals surface area contributed by atoms with Crippen LogP contribution in [0.25, 0.3) is 0 Å². The van der Waals surface area contributed by atoms with Gasteiger partial charge in [0.05, 0.1) is 18.1 Å². The predicted octanol–water partition coefficient (Wildman–Crippen LogP) is 2.55. The lowest BCUT2D eigenvalue weighted by Crippen LogP contribution is -2.44.